The van der Waals surface area contributed by atoms with Crippen molar-refractivity contribution in [3.8, 4) is 0 Å². The monoisotopic (exact) mass is 302 g/mol. The number of aromatic nitrogens is 1. The van der Waals surface area contributed by atoms with Gasteiger partial charge < -0.3 is 10.0 Å². The molecule has 0 aliphatic carbocycles. The van der Waals surface area contributed by atoms with Crippen molar-refractivity contribution < 1.29 is 9.90 Å². The van der Waals surface area contributed by atoms with Crippen molar-refractivity contribution in [1.29, 1.82) is 0 Å². The molecule has 1 aromatic carbocycles. The summed E-state index contributed by atoms with van der Waals surface area (Å²) < 4.78 is 0. The predicted molar refractivity (Wildman–Crippen MR) is 87.4 cm³/mol. The van der Waals surface area contributed by atoms with Crippen molar-refractivity contribution in [3.63, 3.8) is 0 Å². The van der Waals surface area contributed by atoms with Crippen LogP contribution in [0.4, 0.5) is 5.82 Å². The number of carboxylic acids is 1. The summed E-state index contributed by atoms with van der Waals surface area (Å²) in [5.74, 6) is 1.12. The van der Waals surface area contributed by atoms with Crippen LogP contribution in [0.25, 0.3) is 10.9 Å². The largest absolute Gasteiger partial charge is 0.478 e. The maximum atomic E-state index is 11.3. The number of fused-ring (bicyclic) bond motifs is 1. The van der Waals surface area contributed by atoms with Gasteiger partial charge in [0.1, 0.15) is 5.82 Å². The van der Waals surface area contributed by atoms with E-state index in [1.807, 2.05) is 30.0 Å². The second kappa shape index (κ2) is 5.56. The van der Waals surface area contributed by atoms with Crippen molar-refractivity contribution >= 4 is 34.5 Å². The molecule has 0 bridgehead atoms. The topological polar surface area (TPSA) is 53.4 Å². The molecule has 1 fully saturated rings. The number of anilines is 1. The number of hydrogen-bond acceptors (Lipinski definition) is 4. The Balaban J connectivity index is 2.04. The first-order valence-electron chi connectivity index (χ1n) is 7.09. The molecule has 1 saturated heterocycles. The first-order valence-corrected chi connectivity index (χ1v) is 8.14. The minimum atomic E-state index is -0.911. The van der Waals surface area contributed by atoms with E-state index in [1.165, 1.54) is 0 Å². The molecule has 110 valence electrons. The van der Waals surface area contributed by atoms with E-state index in [2.05, 4.69) is 23.7 Å². The molecule has 1 aromatic heterocycles. The molecule has 2 atom stereocenters. The van der Waals surface area contributed by atoms with Crippen LogP contribution in [-0.2, 0) is 0 Å². The van der Waals surface area contributed by atoms with Crippen molar-refractivity contribution in [2.24, 2.45) is 0 Å². The highest BCUT2D eigenvalue weighted by Crippen LogP contribution is 2.29. The summed E-state index contributed by atoms with van der Waals surface area (Å²) in [4.78, 5) is 18.2. The van der Waals surface area contributed by atoms with Crippen molar-refractivity contribution in [3.05, 3.63) is 35.9 Å². The van der Waals surface area contributed by atoms with Crippen LogP contribution in [0.5, 0.6) is 0 Å². The van der Waals surface area contributed by atoms with Gasteiger partial charge in [-0.15, -0.1) is 0 Å². The fourth-order valence-corrected chi connectivity index (χ4v) is 3.85. The molecule has 0 radical (unpaired) electrons. The second-order valence-corrected chi connectivity index (χ2v) is 6.84. The Hall–Kier alpha value is -1.75. The molecular weight excluding hydrogens is 284 g/mol. The van der Waals surface area contributed by atoms with Crippen LogP contribution in [0, 0.1) is 0 Å². The summed E-state index contributed by atoms with van der Waals surface area (Å²) in [5.41, 5.74) is 1.05. The number of rotatable bonds is 2. The molecule has 0 saturated carbocycles. The van der Waals surface area contributed by atoms with Gasteiger partial charge >= 0.3 is 5.97 Å². The summed E-state index contributed by atoms with van der Waals surface area (Å²) in [6.45, 7) is 5.44. The van der Waals surface area contributed by atoms with Gasteiger partial charge in [-0.2, -0.15) is 11.8 Å². The number of carboxylic acid groups (broad SMARTS) is 1. The lowest BCUT2D eigenvalue weighted by molar-refractivity contribution is 0.0699. The minimum Gasteiger partial charge on any atom is -0.478 e. The van der Waals surface area contributed by atoms with Gasteiger partial charge in [-0.1, -0.05) is 13.0 Å². The lowest BCUT2D eigenvalue weighted by Gasteiger charge is -2.38. The van der Waals surface area contributed by atoms with Crippen LogP contribution in [0.3, 0.4) is 0 Å². The molecule has 0 amide bonds. The van der Waals surface area contributed by atoms with E-state index in [1.54, 1.807) is 12.1 Å². The first-order chi connectivity index (χ1) is 10.1. The fraction of sp³-hybridized carbons (Fsp3) is 0.375. The number of pyridine rings is 1. The molecule has 4 nitrogen and oxygen atoms in total. The van der Waals surface area contributed by atoms with Gasteiger partial charge in [-0.25, -0.2) is 9.78 Å². The summed E-state index contributed by atoms with van der Waals surface area (Å²) >= 11 is 1.99. The van der Waals surface area contributed by atoms with Crippen LogP contribution in [0.1, 0.15) is 24.2 Å². The van der Waals surface area contributed by atoms with Crippen LogP contribution >= 0.6 is 11.8 Å². The predicted octanol–water partition coefficient (Wildman–Crippen LogP) is 3.26. The summed E-state index contributed by atoms with van der Waals surface area (Å²) in [7, 11) is 0. The van der Waals surface area contributed by atoms with Gasteiger partial charge in [0, 0.05) is 29.0 Å². The lowest BCUT2D eigenvalue weighted by atomic mass is 10.1. The Morgan fingerprint density at radius 3 is 2.90 bits per heavy atom. The highest BCUT2D eigenvalue weighted by molar-refractivity contribution is 8.00. The smallest absolute Gasteiger partial charge is 0.336 e. The lowest BCUT2D eigenvalue weighted by Crippen LogP contribution is -2.45. The number of carbonyl (C=O) groups is 1. The third-order valence-electron chi connectivity index (χ3n) is 4.13. The normalized spacial score (nSPS) is 22.5. The molecule has 21 heavy (non-hydrogen) atoms. The number of hydrogen-bond donors (Lipinski definition) is 1. The van der Waals surface area contributed by atoms with Gasteiger partial charge in [0.05, 0.1) is 11.1 Å². The number of benzene rings is 1. The molecule has 2 heterocycles. The zero-order valence-corrected chi connectivity index (χ0v) is 12.9. The summed E-state index contributed by atoms with van der Waals surface area (Å²) in [6.07, 6.45) is 0. The molecule has 1 N–H and O–H groups in total. The Morgan fingerprint density at radius 2 is 2.14 bits per heavy atom. The van der Waals surface area contributed by atoms with E-state index in [-0.39, 0.29) is 0 Å². The summed E-state index contributed by atoms with van der Waals surface area (Å²) in [6, 6.07) is 9.48. The van der Waals surface area contributed by atoms with E-state index in [9.17, 15) is 9.90 Å². The number of aromatic carboxylic acids is 1. The molecule has 1 aliphatic rings. The standard InChI is InChI=1S/C16H18N2O2S/c1-10-11(2)21-9-8-18(10)15-7-6-12-13(16(19)20)4-3-5-14(12)17-15/h3-7,10-11H,8-9H2,1-2H3,(H,19,20). The zero-order chi connectivity index (χ0) is 15.0. The quantitative estimate of drug-likeness (QED) is 0.922. The van der Waals surface area contributed by atoms with Gasteiger partial charge in [0.25, 0.3) is 0 Å². The van der Waals surface area contributed by atoms with Crippen molar-refractivity contribution in [1.82, 2.24) is 4.98 Å². The third-order valence-corrected chi connectivity index (χ3v) is 5.46. The van der Waals surface area contributed by atoms with Gasteiger partial charge in [-0.3, -0.25) is 0 Å². The average molecular weight is 302 g/mol. The van der Waals surface area contributed by atoms with Gasteiger partial charge in [-0.05, 0) is 31.2 Å². The van der Waals surface area contributed by atoms with E-state index in [0.717, 1.165) is 23.6 Å². The Morgan fingerprint density at radius 1 is 1.33 bits per heavy atom. The SMILES string of the molecule is CC1SCCN(c2ccc3c(C(=O)O)cccc3n2)C1C. The molecule has 0 spiro atoms. The van der Waals surface area contributed by atoms with Gasteiger partial charge in [0.15, 0.2) is 0 Å². The Kier molecular flexibility index (Phi) is 3.76. The highest BCUT2D eigenvalue weighted by Gasteiger charge is 2.26. The minimum absolute atomic E-state index is 0.308. The van der Waals surface area contributed by atoms with Crippen molar-refractivity contribution in [2.45, 2.75) is 25.1 Å². The molecule has 2 unspecified atom stereocenters. The Labute approximate surface area is 128 Å². The molecule has 1 aliphatic heterocycles. The van der Waals surface area contributed by atoms with Crippen LogP contribution in [0.2, 0.25) is 0 Å². The van der Waals surface area contributed by atoms with E-state index < -0.39 is 5.97 Å². The highest BCUT2D eigenvalue weighted by atomic mass is 32.2. The van der Waals surface area contributed by atoms with Gasteiger partial charge in [0.2, 0.25) is 0 Å². The molecule has 3 rings (SSSR count). The fourth-order valence-electron chi connectivity index (χ4n) is 2.75. The summed E-state index contributed by atoms with van der Waals surface area (Å²) in [5, 5.41) is 10.5. The first kappa shape index (κ1) is 14.2. The number of thioether (sulfide) groups is 1. The second-order valence-electron chi connectivity index (χ2n) is 5.36. The van der Waals surface area contributed by atoms with Crippen LogP contribution < -0.4 is 4.90 Å². The average Bonchev–Trinajstić information content (AvgIpc) is 2.48. The maximum absolute atomic E-state index is 11.3. The third kappa shape index (κ3) is 2.58. The molecule has 2 aromatic rings. The molecule has 5 heteroatoms. The van der Waals surface area contributed by atoms with Crippen LogP contribution in [-0.4, -0.2) is 39.6 Å². The zero-order valence-electron chi connectivity index (χ0n) is 12.1. The van der Waals surface area contributed by atoms with E-state index >= 15 is 0 Å². The van der Waals surface area contributed by atoms with Crippen LogP contribution in [0.15, 0.2) is 30.3 Å². The Bertz CT molecular complexity index is 689. The van der Waals surface area contributed by atoms with E-state index in [0.29, 0.717) is 22.2 Å². The van der Waals surface area contributed by atoms with E-state index in [4.69, 9.17) is 0 Å². The maximum Gasteiger partial charge on any atom is 0.336 e. The number of nitrogens with zero attached hydrogens (tertiary/aromatic N) is 2. The van der Waals surface area contributed by atoms with Crippen molar-refractivity contribution in [2.75, 3.05) is 17.2 Å². The molecular formula is C16H18N2O2S.